The van der Waals surface area contributed by atoms with Gasteiger partial charge in [0, 0.05) is 5.56 Å². The molecule has 1 saturated carbocycles. The van der Waals surface area contributed by atoms with Crippen molar-refractivity contribution >= 4 is 6.08 Å². The van der Waals surface area contributed by atoms with Gasteiger partial charge in [0.05, 0.1) is 0 Å². The van der Waals surface area contributed by atoms with Crippen molar-refractivity contribution < 1.29 is 14.3 Å². The fraction of sp³-hybridized carbons (Fsp3) is 0.500. The van der Waals surface area contributed by atoms with E-state index in [4.69, 9.17) is 0 Å². The molecule has 0 aromatic heterocycles. The fourth-order valence-corrected chi connectivity index (χ4v) is 2.70. The Balaban J connectivity index is 2.60. The summed E-state index contributed by atoms with van der Waals surface area (Å²) in [6.07, 6.45) is 5.40. The first-order valence-electron chi connectivity index (χ1n) is 6.24. The van der Waals surface area contributed by atoms with E-state index in [1.54, 1.807) is 12.1 Å². The molecule has 0 aliphatic heterocycles. The molecule has 4 heteroatoms. The SMILES string of the molecule is CCc1cc(F)c(O)c(C2(N=C=O)CCCC2)c1. The second-order valence-corrected chi connectivity index (χ2v) is 4.77. The minimum absolute atomic E-state index is 0.381. The highest BCUT2D eigenvalue weighted by atomic mass is 19.1. The molecule has 3 nitrogen and oxygen atoms in total. The number of aliphatic imine (C=N–C) groups is 1. The van der Waals surface area contributed by atoms with Crippen LogP contribution in [-0.2, 0) is 16.8 Å². The van der Waals surface area contributed by atoms with Gasteiger partial charge < -0.3 is 5.11 Å². The lowest BCUT2D eigenvalue weighted by Crippen LogP contribution is -2.19. The van der Waals surface area contributed by atoms with E-state index in [2.05, 4.69) is 4.99 Å². The number of benzene rings is 1. The summed E-state index contributed by atoms with van der Waals surface area (Å²) in [5, 5.41) is 9.90. The van der Waals surface area contributed by atoms with Gasteiger partial charge in [0.15, 0.2) is 11.6 Å². The molecule has 0 atom stereocenters. The van der Waals surface area contributed by atoms with E-state index in [1.807, 2.05) is 6.92 Å². The van der Waals surface area contributed by atoms with E-state index >= 15 is 0 Å². The van der Waals surface area contributed by atoms with Crippen molar-refractivity contribution in [2.24, 2.45) is 4.99 Å². The number of rotatable bonds is 3. The minimum atomic E-state index is -0.780. The van der Waals surface area contributed by atoms with Crippen molar-refractivity contribution in [3.05, 3.63) is 29.1 Å². The molecule has 96 valence electrons. The molecule has 0 heterocycles. The molecule has 1 aromatic rings. The first kappa shape index (κ1) is 12.8. The smallest absolute Gasteiger partial charge is 0.235 e. The van der Waals surface area contributed by atoms with Crippen LogP contribution in [0.15, 0.2) is 17.1 Å². The largest absolute Gasteiger partial charge is 0.505 e. The molecule has 1 aromatic carbocycles. The highest BCUT2D eigenvalue weighted by Crippen LogP contribution is 2.46. The van der Waals surface area contributed by atoms with Crippen LogP contribution in [0.1, 0.15) is 43.7 Å². The van der Waals surface area contributed by atoms with Gasteiger partial charge in [-0.15, -0.1) is 0 Å². The van der Waals surface area contributed by atoms with Gasteiger partial charge in [-0.1, -0.05) is 19.8 Å². The molecule has 0 spiro atoms. The summed E-state index contributed by atoms with van der Waals surface area (Å²) < 4.78 is 13.7. The quantitative estimate of drug-likeness (QED) is 0.660. The van der Waals surface area contributed by atoms with Crippen LogP contribution in [0.3, 0.4) is 0 Å². The predicted octanol–water partition coefficient (Wildman–Crippen LogP) is 3.20. The molecule has 0 amide bonds. The molecule has 0 radical (unpaired) electrons. The second-order valence-electron chi connectivity index (χ2n) is 4.77. The number of halogens is 1. The first-order chi connectivity index (χ1) is 8.63. The molecular weight excluding hydrogens is 233 g/mol. The van der Waals surface area contributed by atoms with Crippen LogP contribution in [-0.4, -0.2) is 11.2 Å². The Morgan fingerprint density at radius 2 is 2.11 bits per heavy atom. The monoisotopic (exact) mass is 249 g/mol. The fourth-order valence-electron chi connectivity index (χ4n) is 2.70. The summed E-state index contributed by atoms with van der Waals surface area (Å²) in [7, 11) is 0. The molecule has 0 unspecified atom stereocenters. The number of isocyanates is 1. The molecule has 2 rings (SSSR count). The van der Waals surface area contributed by atoms with Crippen molar-refractivity contribution in [3.63, 3.8) is 0 Å². The van der Waals surface area contributed by atoms with Gasteiger partial charge in [-0.25, -0.2) is 9.18 Å². The molecule has 18 heavy (non-hydrogen) atoms. The lowest BCUT2D eigenvalue weighted by molar-refractivity contribution is 0.385. The maximum atomic E-state index is 13.7. The Hall–Kier alpha value is -1.67. The van der Waals surface area contributed by atoms with Gasteiger partial charge in [-0.2, -0.15) is 4.99 Å². The zero-order valence-corrected chi connectivity index (χ0v) is 10.4. The van der Waals surface area contributed by atoms with Gasteiger partial charge in [0.25, 0.3) is 0 Å². The number of phenolic OH excluding ortho intramolecular Hbond substituents is 1. The highest BCUT2D eigenvalue weighted by molar-refractivity contribution is 5.46. The normalized spacial score (nSPS) is 17.4. The molecule has 1 N–H and O–H groups in total. The van der Waals surface area contributed by atoms with Gasteiger partial charge >= 0.3 is 0 Å². The predicted molar refractivity (Wildman–Crippen MR) is 65.7 cm³/mol. The summed E-state index contributed by atoms with van der Waals surface area (Å²) in [5.41, 5.74) is 0.450. The Morgan fingerprint density at radius 3 is 2.67 bits per heavy atom. The van der Waals surface area contributed by atoms with E-state index in [9.17, 15) is 14.3 Å². The van der Waals surface area contributed by atoms with Crippen molar-refractivity contribution in [2.75, 3.05) is 0 Å². The van der Waals surface area contributed by atoms with Crippen LogP contribution in [0.25, 0.3) is 0 Å². The number of phenols is 1. The second kappa shape index (κ2) is 4.91. The zero-order chi connectivity index (χ0) is 13.2. The third-order valence-corrected chi connectivity index (χ3v) is 3.72. The van der Waals surface area contributed by atoms with E-state index in [0.29, 0.717) is 24.8 Å². The molecule has 1 aliphatic carbocycles. The van der Waals surface area contributed by atoms with Crippen molar-refractivity contribution in [1.29, 1.82) is 0 Å². The lowest BCUT2D eigenvalue weighted by Gasteiger charge is -2.24. The summed E-state index contributed by atoms with van der Waals surface area (Å²) in [5.74, 6) is -1.02. The number of carbonyl (C=O) groups excluding carboxylic acids is 1. The third kappa shape index (κ3) is 2.04. The summed E-state index contributed by atoms with van der Waals surface area (Å²) in [6.45, 7) is 1.92. The van der Waals surface area contributed by atoms with E-state index in [1.165, 1.54) is 6.07 Å². The van der Waals surface area contributed by atoms with Crippen molar-refractivity contribution in [3.8, 4) is 5.75 Å². The van der Waals surface area contributed by atoms with E-state index in [-0.39, 0.29) is 5.75 Å². The number of aromatic hydroxyl groups is 1. The van der Waals surface area contributed by atoms with E-state index < -0.39 is 11.4 Å². The van der Waals surface area contributed by atoms with Crippen LogP contribution in [0.2, 0.25) is 0 Å². The summed E-state index contributed by atoms with van der Waals surface area (Å²) >= 11 is 0. The van der Waals surface area contributed by atoms with Gasteiger partial charge in [0.2, 0.25) is 6.08 Å². The average molecular weight is 249 g/mol. The maximum Gasteiger partial charge on any atom is 0.235 e. The van der Waals surface area contributed by atoms with Crippen LogP contribution >= 0.6 is 0 Å². The van der Waals surface area contributed by atoms with Crippen LogP contribution in [0, 0.1) is 5.82 Å². The number of hydrogen-bond acceptors (Lipinski definition) is 3. The summed E-state index contributed by atoms with van der Waals surface area (Å²) in [4.78, 5) is 14.5. The number of hydrogen-bond donors (Lipinski definition) is 1. The van der Waals surface area contributed by atoms with Crippen LogP contribution in [0.4, 0.5) is 4.39 Å². The Morgan fingerprint density at radius 1 is 1.44 bits per heavy atom. The Kier molecular flexibility index (Phi) is 3.48. The Labute approximate surface area is 105 Å². The van der Waals surface area contributed by atoms with E-state index in [0.717, 1.165) is 18.4 Å². The number of aryl methyl sites for hydroxylation is 1. The Bertz CT molecular complexity index is 501. The summed E-state index contributed by atoms with van der Waals surface area (Å²) in [6, 6.07) is 3.08. The standard InChI is InChI=1S/C14H16FNO2/c1-2-10-7-11(13(18)12(15)8-10)14(16-9-17)5-3-4-6-14/h7-8,18H,2-6H2,1H3. The molecule has 0 saturated heterocycles. The topological polar surface area (TPSA) is 49.7 Å². The molecule has 1 aliphatic rings. The van der Waals surface area contributed by atoms with Crippen LogP contribution < -0.4 is 0 Å². The number of nitrogens with zero attached hydrogens (tertiary/aromatic N) is 1. The minimum Gasteiger partial charge on any atom is -0.505 e. The van der Waals surface area contributed by atoms with Gasteiger partial charge in [-0.3, -0.25) is 0 Å². The van der Waals surface area contributed by atoms with Crippen LogP contribution in [0.5, 0.6) is 5.75 Å². The third-order valence-electron chi connectivity index (χ3n) is 3.72. The molecular formula is C14H16FNO2. The molecule has 1 fully saturated rings. The van der Waals surface area contributed by atoms with Crippen molar-refractivity contribution in [1.82, 2.24) is 0 Å². The zero-order valence-electron chi connectivity index (χ0n) is 10.4. The average Bonchev–Trinajstić information content (AvgIpc) is 2.82. The van der Waals surface area contributed by atoms with Gasteiger partial charge in [0.1, 0.15) is 5.54 Å². The molecule has 0 bridgehead atoms. The highest BCUT2D eigenvalue weighted by Gasteiger charge is 2.38. The van der Waals surface area contributed by atoms with Crippen molar-refractivity contribution in [2.45, 2.75) is 44.6 Å². The van der Waals surface area contributed by atoms with Gasteiger partial charge in [-0.05, 0) is 37.0 Å². The maximum absolute atomic E-state index is 13.7. The lowest BCUT2D eigenvalue weighted by atomic mass is 9.86. The first-order valence-corrected chi connectivity index (χ1v) is 6.24.